The highest BCUT2D eigenvalue weighted by Crippen LogP contribution is 2.41. The molecule has 3 aliphatic rings. The van der Waals surface area contributed by atoms with E-state index >= 15 is 0 Å². The molecule has 0 aromatic rings. The maximum atomic E-state index is 2.45. The van der Waals surface area contributed by atoms with Gasteiger partial charge >= 0.3 is 0 Å². The van der Waals surface area contributed by atoms with Crippen molar-refractivity contribution in [3.8, 4) is 0 Å². The van der Waals surface area contributed by atoms with Crippen LogP contribution in [0, 0.1) is 0 Å². The van der Waals surface area contributed by atoms with Gasteiger partial charge in [0.05, 0.1) is 0 Å². The Labute approximate surface area is 92.1 Å². The van der Waals surface area contributed by atoms with E-state index in [1.807, 2.05) is 0 Å². The molecule has 0 spiro atoms. The SMILES string of the molecule is CC1=CC2=C(CC1)C1=C(C=CCC1)CC2. The lowest BCUT2D eigenvalue weighted by atomic mass is 9.76. The average molecular weight is 198 g/mol. The highest BCUT2D eigenvalue weighted by atomic mass is 14.3. The van der Waals surface area contributed by atoms with Gasteiger partial charge in [-0.3, -0.25) is 0 Å². The summed E-state index contributed by atoms with van der Waals surface area (Å²) in [6.45, 7) is 2.27. The van der Waals surface area contributed by atoms with Crippen LogP contribution in [0.25, 0.3) is 0 Å². The van der Waals surface area contributed by atoms with Crippen LogP contribution in [0.5, 0.6) is 0 Å². The Hall–Kier alpha value is -1.04. The Morgan fingerprint density at radius 2 is 1.67 bits per heavy atom. The van der Waals surface area contributed by atoms with E-state index in [9.17, 15) is 0 Å². The molecule has 0 amide bonds. The molecule has 0 nitrogen and oxygen atoms in total. The lowest BCUT2D eigenvalue weighted by molar-refractivity contribution is 0.775. The van der Waals surface area contributed by atoms with Gasteiger partial charge < -0.3 is 0 Å². The molecular formula is C15H18. The number of hydrogen-bond donors (Lipinski definition) is 0. The van der Waals surface area contributed by atoms with E-state index in [-0.39, 0.29) is 0 Å². The van der Waals surface area contributed by atoms with Gasteiger partial charge in [-0.2, -0.15) is 0 Å². The molecule has 3 rings (SSSR count). The molecule has 0 aliphatic heterocycles. The van der Waals surface area contributed by atoms with Crippen LogP contribution in [-0.4, -0.2) is 0 Å². The van der Waals surface area contributed by atoms with Crippen molar-refractivity contribution in [3.63, 3.8) is 0 Å². The molecule has 0 saturated carbocycles. The maximum Gasteiger partial charge on any atom is -0.0235 e. The molecule has 3 aliphatic carbocycles. The van der Waals surface area contributed by atoms with Crippen molar-refractivity contribution in [1.29, 1.82) is 0 Å². The van der Waals surface area contributed by atoms with Gasteiger partial charge in [-0.1, -0.05) is 23.8 Å². The number of hydrogen-bond acceptors (Lipinski definition) is 0. The van der Waals surface area contributed by atoms with Crippen molar-refractivity contribution in [2.24, 2.45) is 0 Å². The second-order valence-corrected chi connectivity index (χ2v) is 4.94. The fourth-order valence-corrected chi connectivity index (χ4v) is 3.07. The first-order valence-corrected chi connectivity index (χ1v) is 6.13. The first-order chi connectivity index (χ1) is 7.34. The summed E-state index contributed by atoms with van der Waals surface area (Å²) in [6.07, 6.45) is 14.8. The molecule has 15 heavy (non-hydrogen) atoms. The standard InChI is InChI=1S/C15H18/c1-11-6-9-15-13(10-11)8-7-12-4-2-3-5-14(12)15/h2,4,10H,3,5-9H2,1H3. The molecule has 0 N–H and O–H groups in total. The smallest absolute Gasteiger partial charge is 0.0235 e. The van der Waals surface area contributed by atoms with Crippen molar-refractivity contribution < 1.29 is 0 Å². The molecule has 0 saturated heterocycles. The molecule has 0 fully saturated rings. The summed E-state index contributed by atoms with van der Waals surface area (Å²) < 4.78 is 0. The summed E-state index contributed by atoms with van der Waals surface area (Å²) in [5, 5.41) is 0. The average Bonchev–Trinajstić information content (AvgIpc) is 2.28. The van der Waals surface area contributed by atoms with E-state index in [1.54, 1.807) is 27.9 Å². The van der Waals surface area contributed by atoms with Gasteiger partial charge in [0.2, 0.25) is 0 Å². The van der Waals surface area contributed by atoms with Gasteiger partial charge in [-0.05, 0) is 67.7 Å². The van der Waals surface area contributed by atoms with Crippen LogP contribution < -0.4 is 0 Å². The fourth-order valence-electron chi connectivity index (χ4n) is 3.07. The summed E-state index contributed by atoms with van der Waals surface area (Å²) >= 11 is 0. The van der Waals surface area contributed by atoms with Crippen LogP contribution in [0.15, 0.2) is 46.1 Å². The van der Waals surface area contributed by atoms with Gasteiger partial charge in [0, 0.05) is 0 Å². The lowest BCUT2D eigenvalue weighted by Gasteiger charge is -2.29. The zero-order valence-corrected chi connectivity index (χ0v) is 9.47. The third-order valence-electron chi connectivity index (χ3n) is 3.87. The van der Waals surface area contributed by atoms with Crippen molar-refractivity contribution >= 4 is 0 Å². The molecule has 0 heterocycles. The van der Waals surface area contributed by atoms with Crippen molar-refractivity contribution in [3.05, 3.63) is 46.1 Å². The van der Waals surface area contributed by atoms with Crippen LogP contribution in [0.4, 0.5) is 0 Å². The largest absolute Gasteiger partial charge is 0.0839 e. The summed E-state index contributed by atoms with van der Waals surface area (Å²) in [5.41, 5.74) is 8.25. The second-order valence-electron chi connectivity index (χ2n) is 4.94. The monoisotopic (exact) mass is 198 g/mol. The zero-order chi connectivity index (χ0) is 10.3. The van der Waals surface area contributed by atoms with E-state index in [1.165, 1.54) is 38.5 Å². The molecular weight excluding hydrogens is 180 g/mol. The Morgan fingerprint density at radius 1 is 0.867 bits per heavy atom. The minimum atomic E-state index is 1.25. The van der Waals surface area contributed by atoms with Gasteiger partial charge in [0.25, 0.3) is 0 Å². The van der Waals surface area contributed by atoms with Gasteiger partial charge in [-0.25, -0.2) is 0 Å². The minimum absolute atomic E-state index is 1.25. The van der Waals surface area contributed by atoms with Crippen molar-refractivity contribution in [2.75, 3.05) is 0 Å². The Morgan fingerprint density at radius 3 is 2.60 bits per heavy atom. The van der Waals surface area contributed by atoms with Crippen LogP contribution in [-0.2, 0) is 0 Å². The fraction of sp³-hybridized carbons (Fsp3) is 0.467. The Kier molecular flexibility index (Phi) is 2.16. The normalized spacial score (nSPS) is 25.0. The number of allylic oxidation sites excluding steroid dienone is 8. The number of rotatable bonds is 0. The third kappa shape index (κ3) is 1.52. The minimum Gasteiger partial charge on any atom is -0.0839 e. The highest BCUT2D eigenvalue weighted by Gasteiger charge is 2.22. The summed E-state index contributed by atoms with van der Waals surface area (Å²) in [7, 11) is 0. The van der Waals surface area contributed by atoms with Crippen molar-refractivity contribution in [1.82, 2.24) is 0 Å². The maximum absolute atomic E-state index is 2.45. The van der Waals surface area contributed by atoms with Gasteiger partial charge in [-0.15, -0.1) is 0 Å². The van der Waals surface area contributed by atoms with E-state index in [0.29, 0.717) is 0 Å². The summed E-state index contributed by atoms with van der Waals surface area (Å²) in [4.78, 5) is 0. The first kappa shape index (κ1) is 9.21. The highest BCUT2D eigenvalue weighted by molar-refractivity contribution is 5.52. The molecule has 0 bridgehead atoms. The molecule has 0 atom stereocenters. The van der Waals surface area contributed by atoms with Gasteiger partial charge in [0.15, 0.2) is 0 Å². The quantitative estimate of drug-likeness (QED) is 0.539. The van der Waals surface area contributed by atoms with Crippen LogP contribution in [0.2, 0.25) is 0 Å². The van der Waals surface area contributed by atoms with E-state index in [4.69, 9.17) is 0 Å². The van der Waals surface area contributed by atoms with E-state index in [0.717, 1.165) is 0 Å². The van der Waals surface area contributed by atoms with E-state index < -0.39 is 0 Å². The Balaban J connectivity index is 2.06. The van der Waals surface area contributed by atoms with Crippen LogP contribution in [0.3, 0.4) is 0 Å². The molecule has 78 valence electrons. The van der Waals surface area contributed by atoms with Crippen molar-refractivity contribution in [2.45, 2.75) is 45.4 Å². The van der Waals surface area contributed by atoms with Crippen LogP contribution >= 0.6 is 0 Å². The molecule has 0 aromatic carbocycles. The molecule has 0 heteroatoms. The number of fused-ring (bicyclic) bond motifs is 1. The van der Waals surface area contributed by atoms with E-state index in [2.05, 4.69) is 25.2 Å². The Bertz CT molecular complexity index is 413. The van der Waals surface area contributed by atoms with Gasteiger partial charge in [0.1, 0.15) is 0 Å². The van der Waals surface area contributed by atoms with Crippen LogP contribution in [0.1, 0.15) is 45.4 Å². The summed E-state index contributed by atoms with van der Waals surface area (Å²) in [6, 6.07) is 0. The third-order valence-corrected chi connectivity index (χ3v) is 3.87. The predicted octanol–water partition coefficient (Wildman–Crippen LogP) is 4.46. The summed E-state index contributed by atoms with van der Waals surface area (Å²) in [5.74, 6) is 0. The predicted molar refractivity (Wildman–Crippen MR) is 64.7 cm³/mol. The second kappa shape index (κ2) is 3.52. The molecule has 0 aromatic heterocycles. The lowest BCUT2D eigenvalue weighted by Crippen LogP contribution is -2.10. The molecule has 0 unspecified atom stereocenters. The zero-order valence-electron chi connectivity index (χ0n) is 9.47. The first-order valence-electron chi connectivity index (χ1n) is 6.13. The topological polar surface area (TPSA) is 0 Å². The molecule has 0 radical (unpaired) electrons.